The standard InChI is InChI=1S/C13H12BrN3O4/c1-7-5-15-11(21-7)6-16-13(20)17-8-2-3-10(14)9(4-8)12(18)19/h2-5H,6H2,1H3,(H,18,19)(H2,16,17,20). The fourth-order valence-electron chi connectivity index (χ4n) is 1.58. The number of hydrogen-bond donors (Lipinski definition) is 3. The van der Waals surface area contributed by atoms with E-state index in [9.17, 15) is 9.59 Å². The van der Waals surface area contributed by atoms with Gasteiger partial charge in [0.05, 0.1) is 18.3 Å². The lowest BCUT2D eigenvalue weighted by Gasteiger charge is -2.07. The van der Waals surface area contributed by atoms with Gasteiger partial charge in [0.1, 0.15) is 5.76 Å². The molecule has 2 amide bonds. The predicted molar refractivity (Wildman–Crippen MR) is 78.2 cm³/mol. The Morgan fingerprint density at radius 2 is 2.19 bits per heavy atom. The first-order valence-corrected chi connectivity index (χ1v) is 6.74. The van der Waals surface area contributed by atoms with E-state index in [0.29, 0.717) is 21.8 Å². The van der Waals surface area contributed by atoms with Gasteiger partial charge < -0.3 is 20.2 Å². The molecule has 0 saturated heterocycles. The maximum absolute atomic E-state index is 11.7. The van der Waals surface area contributed by atoms with Gasteiger partial charge in [-0.3, -0.25) is 0 Å². The average molecular weight is 354 g/mol. The molecule has 3 N–H and O–H groups in total. The van der Waals surface area contributed by atoms with E-state index in [1.807, 2.05) is 0 Å². The number of aromatic carboxylic acids is 1. The molecule has 1 heterocycles. The van der Waals surface area contributed by atoms with Crippen molar-refractivity contribution in [3.05, 3.63) is 46.1 Å². The van der Waals surface area contributed by atoms with Crippen molar-refractivity contribution < 1.29 is 19.1 Å². The minimum Gasteiger partial charge on any atom is -0.478 e. The van der Waals surface area contributed by atoms with Gasteiger partial charge in [-0.25, -0.2) is 14.6 Å². The van der Waals surface area contributed by atoms with Crippen LogP contribution in [0.25, 0.3) is 0 Å². The summed E-state index contributed by atoms with van der Waals surface area (Å²) in [5.74, 6) is -0.0305. The van der Waals surface area contributed by atoms with Crippen LogP contribution in [0.1, 0.15) is 22.0 Å². The number of aryl methyl sites for hydroxylation is 1. The molecule has 7 nitrogen and oxygen atoms in total. The fourth-order valence-corrected chi connectivity index (χ4v) is 2.00. The first kappa shape index (κ1) is 15.0. The zero-order valence-corrected chi connectivity index (χ0v) is 12.6. The number of aromatic nitrogens is 1. The van der Waals surface area contributed by atoms with Crippen LogP contribution in [0.5, 0.6) is 0 Å². The summed E-state index contributed by atoms with van der Waals surface area (Å²) in [6, 6.07) is 4.02. The number of carbonyl (C=O) groups is 2. The molecule has 0 fully saturated rings. The van der Waals surface area contributed by atoms with Gasteiger partial charge in [-0.05, 0) is 41.1 Å². The lowest BCUT2D eigenvalue weighted by molar-refractivity contribution is 0.0696. The Labute approximate surface area is 128 Å². The molecule has 0 atom stereocenters. The molecule has 0 aliphatic heterocycles. The second kappa shape index (κ2) is 6.40. The van der Waals surface area contributed by atoms with Crippen LogP contribution >= 0.6 is 15.9 Å². The topological polar surface area (TPSA) is 104 Å². The van der Waals surface area contributed by atoms with Gasteiger partial charge in [0.2, 0.25) is 5.89 Å². The number of oxazole rings is 1. The van der Waals surface area contributed by atoms with Gasteiger partial charge in [0.25, 0.3) is 0 Å². The molecule has 0 aliphatic carbocycles. The molecule has 0 saturated carbocycles. The van der Waals surface area contributed by atoms with Gasteiger partial charge in [-0.1, -0.05) is 0 Å². The number of carboxylic acid groups (broad SMARTS) is 1. The van der Waals surface area contributed by atoms with Gasteiger partial charge in [-0.2, -0.15) is 0 Å². The van der Waals surface area contributed by atoms with E-state index in [4.69, 9.17) is 9.52 Å². The van der Waals surface area contributed by atoms with Crippen molar-refractivity contribution in [2.75, 3.05) is 5.32 Å². The summed E-state index contributed by atoms with van der Waals surface area (Å²) < 4.78 is 5.65. The maximum Gasteiger partial charge on any atom is 0.336 e. The normalized spacial score (nSPS) is 10.2. The van der Waals surface area contributed by atoms with Crippen LogP contribution in [0.2, 0.25) is 0 Å². The van der Waals surface area contributed by atoms with E-state index in [1.165, 1.54) is 6.07 Å². The van der Waals surface area contributed by atoms with E-state index < -0.39 is 12.0 Å². The van der Waals surface area contributed by atoms with E-state index in [-0.39, 0.29) is 12.1 Å². The third-order valence-corrected chi connectivity index (χ3v) is 3.22. The molecule has 0 spiro atoms. The third-order valence-electron chi connectivity index (χ3n) is 2.52. The van der Waals surface area contributed by atoms with E-state index in [2.05, 4.69) is 31.5 Å². The summed E-state index contributed by atoms with van der Waals surface area (Å²) in [6.45, 7) is 1.90. The number of halogens is 1. The monoisotopic (exact) mass is 353 g/mol. The number of carboxylic acids is 1. The van der Waals surface area contributed by atoms with Gasteiger partial charge in [-0.15, -0.1) is 0 Å². The molecule has 21 heavy (non-hydrogen) atoms. The Balaban J connectivity index is 1.96. The van der Waals surface area contributed by atoms with Gasteiger partial charge >= 0.3 is 12.0 Å². The van der Waals surface area contributed by atoms with Crippen LogP contribution < -0.4 is 10.6 Å². The first-order chi connectivity index (χ1) is 9.95. The lowest BCUT2D eigenvalue weighted by atomic mass is 10.2. The average Bonchev–Trinajstić information content (AvgIpc) is 2.84. The van der Waals surface area contributed by atoms with Crippen molar-refractivity contribution in [2.45, 2.75) is 13.5 Å². The summed E-state index contributed by atoms with van der Waals surface area (Å²) in [6.07, 6.45) is 1.56. The predicted octanol–water partition coefficient (Wildman–Crippen LogP) is 2.77. The summed E-state index contributed by atoms with van der Waals surface area (Å²) in [4.78, 5) is 26.7. The third kappa shape index (κ3) is 4.06. The van der Waals surface area contributed by atoms with Crippen molar-refractivity contribution in [3.63, 3.8) is 0 Å². The molecule has 1 aromatic heterocycles. The Morgan fingerprint density at radius 3 is 2.81 bits per heavy atom. The van der Waals surface area contributed by atoms with Crippen molar-refractivity contribution in [1.29, 1.82) is 0 Å². The molecule has 2 aromatic rings. The first-order valence-electron chi connectivity index (χ1n) is 5.94. The second-order valence-corrected chi connectivity index (χ2v) is 5.03. The van der Waals surface area contributed by atoms with E-state index >= 15 is 0 Å². The quantitative estimate of drug-likeness (QED) is 0.783. The second-order valence-electron chi connectivity index (χ2n) is 4.17. The number of nitrogens with zero attached hydrogens (tertiary/aromatic N) is 1. The molecular weight excluding hydrogens is 342 g/mol. The van der Waals surface area contributed by atoms with Crippen LogP contribution in [0.3, 0.4) is 0 Å². The number of benzene rings is 1. The molecule has 8 heteroatoms. The number of hydrogen-bond acceptors (Lipinski definition) is 4. The fraction of sp³-hybridized carbons (Fsp3) is 0.154. The largest absolute Gasteiger partial charge is 0.478 e. The van der Waals surface area contributed by atoms with Crippen LogP contribution in [0.15, 0.2) is 33.3 Å². The van der Waals surface area contributed by atoms with Crippen LogP contribution in [0.4, 0.5) is 10.5 Å². The molecule has 0 unspecified atom stereocenters. The lowest BCUT2D eigenvalue weighted by Crippen LogP contribution is -2.28. The smallest absolute Gasteiger partial charge is 0.336 e. The Hall–Kier alpha value is -2.35. The highest BCUT2D eigenvalue weighted by molar-refractivity contribution is 9.10. The highest BCUT2D eigenvalue weighted by Crippen LogP contribution is 2.21. The van der Waals surface area contributed by atoms with E-state index in [0.717, 1.165) is 0 Å². The molecule has 0 radical (unpaired) electrons. The Morgan fingerprint density at radius 1 is 1.43 bits per heavy atom. The zero-order valence-electron chi connectivity index (χ0n) is 11.0. The molecular formula is C13H12BrN3O4. The highest BCUT2D eigenvalue weighted by atomic mass is 79.9. The Kier molecular flexibility index (Phi) is 4.59. The highest BCUT2D eigenvalue weighted by Gasteiger charge is 2.11. The zero-order chi connectivity index (χ0) is 15.4. The molecule has 110 valence electrons. The number of urea groups is 1. The van der Waals surface area contributed by atoms with Gasteiger partial charge in [0, 0.05) is 10.2 Å². The number of amides is 2. The summed E-state index contributed by atoms with van der Waals surface area (Å²) in [5, 5.41) is 14.1. The number of nitrogens with one attached hydrogen (secondary N) is 2. The summed E-state index contributed by atoms with van der Waals surface area (Å²) in [7, 11) is 0. The SMILES string of the molecule is Cc1cnc(CNC(=O)Nc2ccc(Br)c(C(=O)O)c2)o1. The minimum atomic E-state index is -1.08. The van der Waals surface area contributed by atoms with Gasteiger partial charge in [0.15, 0.2) is 0 Å². The van der Waals surface area contributed by atoms with Crippen molar-refractivity contribution >= 4 is 33.6 Å². The minimum absolute atomic E-state index is 0.0659. The molecule has 0 aliphatic rings. The van der Waals surface area contributed by atoms with Crippen LogP contribution in [-0.4, -0.2) is 22.1 Å². The van der Waals surface area contributed by atoms with Crippen LogP contribution in [-0.2, 0) is 6.54 Å². The van der Waals surface area contributed by atoms with Crippen molar-refractivity contribution in [3.8, 4) is 0 Å². The van der Waals surface area contributed by atoms with Crippen LogP contribution in [0, 0.1) is 6.92 Å². The number of anilines is 1. The molecule has 0 bridgehead atoms. The summed E-state index contributed by atoms with van der Waals surface area (Å²) in [5.41, 5.74) is 0.438. The molecule has 2 rings (SSSR count). The summed E-state index contributed by atoms with van der Waals surface area (Å²) >= 11 is 3.13. The van der Waals surface area contributed by atoms with E-state index in [1.54, 1.807) is 25.3 Å². The van der Waals surface area contributed by atoms with Crippen molar-refractivity contribution in [2.24, 2.45) is 0 Å². The number of rotatable bonds is 4. The maximum atomic E-state index is 11.7. The molecule has 1 aromatic carbocycles. The van der Waals surface area contributed by atoms with Crippen molar-refractivity contribution in [1.82, 2.24) is 10.3 Å². The Bertz CT molecular complexity index is 684. The number of carbonyl (C=O) groups excluding carboxylic acids is 1.